The maximum Gasteiger partial charge on any atom is 0.141 e. The molecule has 0 bridgehead atoms. The third kappa shape index (κ3) is 4.68. The minimum Gasteiger partial charge on any atom is -0.396 e. The second-order valence-corrected chi connectivity index (χ2v) is 4.66. The van der Waals surface area contributed by atoms with E-state index in [4.69, 9.17) is 5.11 Å². The number of aliphatic hydroxyl groups excluding tert-OH is 2. The Kier molecular flexibility index (Phi) is 6.18. The molecule has 0 saturated heterocycles. The number of rotatable bonds is 7. The van der Waals surface area contributed by atoms with E-state index in [9.17, 15) is 9.50 Å². The summed E-state index contributed by atoms with van der Waals surface area (Å²) in [6, 6.07) is 2.80. The van der Waals surface area contributed by atoms with Gasteiger partial charge in [0.15, 0.2) is 0 Å². The van der Waals surface area contributed by atoms with Crippen molar-refractivity contribution in [2.24, 2.45) is 5.92 Å². The first-order chi connectivity index (χ1) is 8.54. The molecule has 0 aromatic carbocycles. The van der Waals surface area contributed by atoms with Crippen molar-refractivity contribution in [2.75, 3.05) is 26.7 Å². The molecule has 0 aliphatic rings. The number of hydrogen-bond donors (Lipinski definition) is 2. The van der Waals surface area contributed by atoms with Gasteiger partial charge in [0.25, 0.3) is 0 Å². The quantitative estimate of drug-likeness (QED) is 0.770. The van der Waals surface area contributed by atoms with Gasteiger partial charge < -0.3 is 15.1 Å². The van der Waals surface area contributed by atoms with Gasteiger partial charge in [0.2, 0.25) is 0 Å². The van der Waals surface area contributed by atoms with Crippen molar-refractivity contribution in [1.82, 2.24) is 9.88 Å². The van der Waals surface area contributed by atoms with E-state index in [0.717, 1.165) is 12.7 Å². The van der Waals surface area contributed by atoms with Gasteiger partial charge in [0.1, 0.15) is 5.82 Å². The molecule has 0 aliphatic heterocycles. The Balaban J connectivity index is 2.50. The fourth-order valence-electron chi connectivity index (χ4n) is 1.88. The van der Waals surface area contributed by atoms with Crippen LogP contribution in [0.15, 0.2) is 18.3 Å². The van der Waals surface area contributed by atoms with Crippen molar-refractivity contribution in [1.29, 1.82) is 0 Å². The van der Waals surface area contributed by atoms with Crippen LogP contribution in [-0.4, -0.2) is 46.8 Å². The molecule has 4 nitrogen and oxygen atoms in total. The molecule has 2 N–H and O–H groups in total. The zero-order valence-electron chi connectivity index (χ0n) is 10.9. The summed E-state index contributed by atoms with van der Waals surface area (Å²) in [4.78, 5) is 5.93. The molecule has 0 aliphatic carbocycles. The second-order valence-electron chi connectivity index (χ2n) is 4.66. The minimum absolute atomic E-state index is 0.00773. The first-order valence-electron chi connectivity index (χ1n) is 6.13. The third-order valence-corrected chi connectivity index (χ3v) is 2.89. The van der Waals surface area contributed by atoms with Crippen LogP contribution >= 0.6 is 0 Å². The van der Waals surface area contributed by atoms with Crippen molar-refractivity contribution >= 4 is 0 Å². The predicted molar refractivity (Wildman–Crippen MR) is 67.5 cm³/mol. The summed E-state index contributed by atoms with van der Waals surface area (Å²) in [5.74, 6) is -0.412. The summed E-state index contributed by atoms with van der Waals surface area (Å²) < 4.78 is 12.7. The van der Waals surface area contributed by atoms with E-state index in [-0.39, 0.29) is 12.5 Å². The lowest BCUT2D eigenvalue weighted by Crippen LogP contribution is -2.29. The zero-order valence-corrected chi connectivity index (χ0v) is 10.9. The zero-order chi connectivity index (χ0) is 13.5. The fourth-order valence-corrected chi connectivity index (χ4v) is 1.88. The van der Waals surface area contributed by atoms with Crippen molar-refractivity contribution < 1.29 is 14.6 Å². The predicted octanol–water partition coefficient (Wildman–Crippen LogP) is 1.20. The molecule has 0 saturated carbocycles. The fraction of sp³-hybridized carbons (Fsp3) is 0.615. The summed E-state index contributed by atoms with van der Waals surface area (Å²) >= 11 is 0. The van der Waals surface area contributed by atoms with Crippen molar-refractivity contribution in [2.45, 2.75) is 19.4 Å². The van der Waals surface area contributed by atoms with Gasteiger partial charge >= 0.3 is 0 Å². The van der Waals surface area contributed by atoms with Crippen LogP contribution in [0.2, 0.25) is 0 Å². The number of nitrogens with zero attached hydrogens (tertiary/aromatic N) is 2. The highest BCUT2D eigenvalue weighted by Crippen LogP contribution is 2.20. The normalized spacial score (nSPS) is 14.8. The van der Waals surface area contributed by atoms with Gasteiger partial charge in [-0.15, -0.1) is 0 Å². The molecule has 18 heavy (non-hydrogen) atoms. The number of hydrogen-bond acceptors (Lipinski definition) is 4. The van der Waals surface area contributed by atoms with E-state index in [1.54, 1.807) is 0 Å². The van der Waals surface area contributed by atoms with Gasteiger partial charge in [0, 0.05) is 25.6 Å². The molecule has 0 amide bonds. The maximum atomic E-state index is 12.7. The molecule has 0 fully saturated rings. The van der Waals surface area contributed by atoms with Gasteiger partial charge in [-0.1, -0.05) is 6.92 Å². The number of aromatic nitrogens is 1. The maximum absolute atomic E-state index is 12.7. The first-order valence-corrected chi connectivity index (χ1v) is 6.13. The topological polar surface area (TPSA) is 56.6 Å². The molecule has 1 rings (SSSR count). The third-order valence-electron chi connectivity index (χ3n) is 2.89. The van der Waals surface area contributed by atoms with Gasteiger partial charge in [-0.2, -0.15) is 0 Å². The molecular weight excluding hydrogens is 235 g/mol. The highest BCUT2D eigenvalue weighted by molar-refractivity contribution is 5.08. The molecule has 5 heteroatoms. The molecule has 1 aromatic heterocycles. The lowest BCUT2D eigenvalue weighted by molar-refractivity contribution is 0.0896. The summed E-state index contributed by atoms with van der Waals surface area (Å²) in [5.41, 5.74) is 0.486. The van der Waals surface area contributed by atoms with Crippen LogP contribution in [0.1, 0.15) is 25.1 Å². The second kappa shape index (κ2) is 7.41. The van der Waals surface area contributed by atoms with Crippen molar-refractivity contribution in [3.8, 4) is 0 Å². The van der Waals surface area contributed by atoms with E-state index in [1.807, 2.05) is 18.9 Å². The Hall–Kier alpha value is -1.04. The molecule has 0 radical (unpaired) electrons. The number of pyridine rings is 1. The van der Waals surface area contributed by atoms with Gasteiger partial charge in [-0.05, 0) is 25.6 Å². The standard InChI is InChI=1S/C13H21FN2O2/c1-10(9-16(2)6-3-7-17)13(18)12-5-4-11(14)8-15-12/h4-5,8,10,13,17-18H,3,6-7,9H2,1-2H3. The van der Waals surface area contributed by atoms with Gasteiger partial charge in [-0.25, -0.2) is 4.39 Å². The largest absolute Gasteiger partial charge is 0.396 e. The number of aliphatic hydroxyl groups is 2. The lowest BCUT2D eigenvalue weighted by atomic mass is 10.0. The van der Waals surface area contributed by atoms with E-state index < -0.39 is 11.9 Å². The Labute approximate surface area is 107 Å². The van der Waals surface area contributed by atoms with Crippen LogP contribution in [0.5, 0.6) is 0 Å². The van der Waals surface area contributed by atoms with Crippen LogP contribution in [0.4, 0.5) is 4.39 Å². The van der Waals surface area contributed by atoms with Crippen LogP contribution in [-0.2, 0) is 0 Å². The molecule has 102 valence electrons. The van der Waals surface area contributed by atoms with Crippen molar-refractivity contribution in [3.05, 3.63) is 29.8 Å². The van der Waals surface area contributed by atoms with Gasteiger partial charge in [-0.3, -0.25) is 4.98 Å². The Morgan fingerprint density at radius 2 is 2.17 bits per heavy atom. The van der Waals surface area contributed by atoms with Crippen molar-refractivity contribution in [3.63, 3.8) is 0 Å². The summed E-state index contributed by atoms with van der Waals surface area (Å²) in [6.45, 7) is 3.57. The van der Waals surface area contributed by atoms with Crippen LogP contribution in [0.25, 0.3) is 0 Å². The molecule has 1 heterocycles. The molecule has 2 atom stereocenters. The molecule has 2 unspecified atom stereocenters. The smallest absolute Gasteiger partial charge is 0.141 e. The van der Waals surface area contributed by atoms with E-state index in [1.165, 1.54) is 12.1 Å². The first kappa shape index (κ1) is 15.0. The summed E-state index contributed by atoms with van der Waals surface area (Å²) in [5, 5.41) is 18.8. The highest BCUT2D eigenvalue weighted by Gasteiger charge is 2.19. The van der Waals surface area contributed by atoms with E-state index >= 15 is 0 Å². The lowest BCUT2D eigenvalue weighted by Gasteiger charge is -2.24. The van der Waals surface area contributed by atoms with Gasteiger partial charge in [0.05, 0.1) is 18.0 Å². The Morgan fingerprint density at radius 1 is 1.44 bits per heavy atom. The number of halogens is 1. The van der Waals surface area contributed by atoms with E-state index in [0.29, 0.717) is 18.7 Å². The molecular formula is C13H21FN2O2. The molecule has 1 aromatic rings. The van der Waals surface area contributed by atoms with Crippen LogP contribution in [0.3, 0.4) is 0 Å². The average molecular weight is 256 g/mol. The SMILES string of the molecule is CC(CN(C)CCCO)C(O)c1ccc(F)cn1. The van der Waals surface area contributed by atoms with Crippen LogP contribution < -0.4 is 0 Å². The monoisotopic (exact) mass is 256 g/mol. The minimum atomic E-state index is -0.706. The average Bonchev–Trinajstić information content (AvgIpc) is 2.36. The van der Waals surface area contributed by atoms with Crippen LogP contribution in [0, 0.1) is 11.7 Å². The molecule has 0 spiro atoms. The Bertz CT molecular complexity index is 345. The summed E-state index contributed by atoms with van der Waals surface area (Å²) in [6.07, 6.45) is 1.12. The highest BCUT2D eigenvalue weighted by atomic mass is 19.1. The van der Waals surface area contributed by atoms with E-state index in [2.05, 4.69) is 4.98 Å². The Morgan fingerprint density at radius 3 is 2.72 bits per heavy atom. The summed E-state index contributed by atoms with van der Waals surface area (Å²) in [7, 11) is 1.94.